The van der Waals surface area contributed by atoms with E-state index in [4.69, 9.17) is 12.2 Å². The molecule has 0 aliphatic rings. The van der Waals surface area contributed by atoms with Gasteiger partial charge in [-0.05, 0) is 54.2 Å². The van der Waals surface area contributed by atoms with E-state index in [1.54, 1.807) is 0 Å². The second-order valence-electron chi connectivity index (χ2n) is 5.06. The van der Waals surface area contributed by atoms with Gasteiger partial charge < -0.3 is 0 Å². The van der Waals surface area contributed by atoms with Gasteiger partial charge in [-0.2, -0.15) is 0 Å². The lowest BCUT2D eigenvalue weighted by Gasteiger charge is -2.08. The highest BCUT2D eigenvalue weighted by atomic mass is 32.1. The maximum Gasteiger partial charge on any atom is 0.0449 e. The van der Waals surface area contributed by atoms with Gasteiger partial charge in [-0.3, -0.25) is 0 Å². The fourth-order valence-electron chi connectivity index (χ4n) is 2.39. The molecular formula is C19H20S. The summed E-state index contributed by atoms with van der Waals surface area (Å²) in [6.45, 7) is 6.52. The largest absolute Gasteiger partial charge is 0.0795 e. The van der Waals surface area contributed by atoms with Crippen LogP contribution in [0.15, 0.2) is 48.5 Å². The molecule has 0 aliphatic carbocycles. The van der Waals surface area contributed by atoms with Crippen molar-refractivity contribution in [3.05, 3.63) is 76.4 Å². The molecule has 0 saturated carbocycles. The van der Waals surface area contributed by atoms with E-state index in [1.807, 2.05) is 36.4 Å². The minimum absolute atomic E-state index is 0.879. The van der Waals surface area contributed by atoms with Crippen LogP contribution in [0.1, 0.15) is 34.7 Å². The highest BCUT2D eigenvalue weighted by Gasteiger charge is 2.02. The van der Waals surface area contributed by atoms with E-state index < -0.39 is 0 Å². The Labute approximate surface area is 127 Å². The lowest BCUT2D eigenvalue weighted by atomic mass is 9.97. The van der Waals surface area contributed by atoms with E-state index in [2.05, 4.69) is 39.0 Å². The zero-order valence-corrected chi connectivity index (χ0v) is 13.1. The normalized spacial score (nSPS) is 10.9. The molecule has 0 radical (unpaired) electrons. The summed E-state index contributed by atoms with van der Waals surface area (Å²) in [5.41, 5.74) is 6.39. The molecule has 0 amide bonds. The molecule has 0 heterocycles. The molecule has 0 bridgehead atoms. The molecule has 0 fully saturated rings. The van der Waals surface area contributed by atoms with Crippen LogP contribution in [0.3, 0.4) is 0 Å². The van der Waals surface area contributed by atoms with Gasteiger partial charge in [0.05, 0.1) is 0 Å². The molecule has 0 aliphatic heterocycles. The van der Waals surface area contributed by atoms with Crippen LogP contribution in [0.25, 0.3) is 6.08 Å². The van der Waals surface area contributed by atoms with Crippen molar-refractivity contribution in [1.82, 2.24) is 0 Å². The molecule has 0 aromatic heterocycles. The van der Waals surface area contributed by atoms with Gasteiger partial charge in [0.25, 0.3) is 0 Å². The Kier molecular flexibility index (Phi) is 4.86. The van der Waals surface area contributed by atoms with Crippen LogP contribution in [0, 0.1) is 13.8 Å². The summed E-state index contributed by atoms with van der Waals surface area (Å²) in [6.07, 6.45) is 5.25. The van der Waals surface area contributed by atoms with Gasteiger partial charge in [0.15, 0.2) is 0 Å². The predicted octanol–water partition coefficient (Wildman–Crippen LogP) is 5.30. The molecule has 1 heteroatoms. The number of thiocarbonyl (C=S) groups is 1. The van der Waals surface area contributed by atoms with Gasteiger partial charge in [0.2, 0.25) is 0 Å². The lowest BCUT2D eigenvalue weighted by molar-refractivity contribution is 1.12. The third-order valence-corrected chi connectivity index (χ3v) is 3.89. The molecule has 0 unspecified atom stereocenters. The van der Waals surface area contributed by atoms with Gasteiger partial charge in [-0.15, -0.1) is 0 Å². The smallest absolute Gasteiger partial charge is 0.0449 e. The number of hydrogen-bond acceptors (Lipinski definition) is 1. The van der Waals surface area contributed by atoms with Crippen molar-refractivity contribution in [3.8, 4) is 0 Å². The van der Waals surface area contributed by atoms with Crippen molar-refractivity contribution in [3.63, 3.8) is 0 Å². The second-order valence-corrected chi connectivity index (χ2v) is 5.50. The predicted molar refractivity (Wildman–Crippen MR) is 92.5 cm³/mol. The maximum atomic E-state index is 5.47. The van der Waals surface area contributed by atoms with E-state index >= 15 is 0 Å². The summed E-state index contributed by atoms with van der Waals surface area (Å²) in [5, 5.41) is 0. The molecule has 0 spiro atoms. The first kappa shape index (κ1) is 14.7. The highest BCUT2D eigenvalue weighted by molar-refractivity contribution is 7.81. The Hall–Kier alpha value is -1.73. The summed E-state index contributed by atoms with van der Waals surface area (Å²) in [5.74, 6) is 0. The van der Waals surface area contributed by atoms with E-state index in [0.717, 1.165) is 16.8 Å². The summed E-state index contributed by atoms with van der Waals surface area (Å²) in [7, 11) is 0. The lowest BCUT2D eigenvalue weighted by Crippen LogP contribution is -1.94. The second kappa shape index (κ2) is 6.62. The number of aryl methyl sites for hydroxylation is 3. The van der Waals surface area contributed by atoms with Crippen LogP contribution >= 0.6 is 12.2 Å². The Morgan fingerprint density at radius 3 is 2.20 bits per heavy atom. The van der Waals surface area contributed by atoms with E-state index in [-0.39, 0.29) is 0 Å². The molecule has 2 aromatic rings. The molecule has 0 nitrogen and oxygen atoms in total. The van der Waals surface area contributed by atoms with Gasteiger partial charge in [0.1, 0.15) is 0 Å². The van der Waals surface area contributed by atoms with Crippen molar-refractivity contribution in [2.24, 2.45) is 0 Å². The van der Waals surface area contributed by atoms with Gasteiger partial charge in [-0.25, -0.2) is 0 Å². The van der Waals surface area contributed by atoms with Gasteiger partial charge >= 0.3 is 0 Å². The Morgan fingerprint density at radius 1 is 1.05 bits per heavy atom. The van der Waals surface area contributed by atoms with Crippen LogP contribution in [-0.2, 0) is 6.42 Å². The highest BCUT2D eigenvalue weighted by Crippen LogP contribution is 2.19. The van der Waals surface area contributed by atoms with Crippen molar-refractivity contribution >= 4 is 23.2 Å². The number of benzene rings is 2. The van der Waals surface area contributed by atoms with Gasteiger partial charge in [-0.1, -0.05) is 67.7 Å². The summed E-state index contributed by atoms with van der Waals surface area (Å²) in [6, 6.07) is 14.7. The molecule has 20 heavy (non-hydrogen) atoms. The third-order valence-electron chi connectivity index (χ3n) is 3.52. The van der Waals surface area contributed by atoms with E-state index in [1.165, 1.54) is 22.3 Å². The minimum Gasteiger partial charge on any atom is -0.0795 e. The first-order chi connectivity index (χ1) is 9.61. The molecule has 2 rings (SSSR count). The van der Waals surface area contributed by atoms with Crippen molar-refractivity contribution < 1.29 is 0 Å². The number of rotatable bonds is 4. The summed E-state index contributed by atoms with van der Waals surface area (Å²) < 4.78 is 0. The minimum atomic E-state index is 0.879. The number of allylic oxidation sites excluding steroid dienone is 1. The van der Waals surface area contributed by atoms with Crippen LogP contribution in [0.2, 0.25) is 0 Å². The molecular weight excluding hydrogens is 260 g/mol. The summed E-state index contributed by atoms with van der Waals surface area (Å²) in [4.78, 5) is 0.879. The van der Waals surface area contributed by atoms with Crippen molar-refractivity contribution in [1.29, 1.82) is 0 Å². The Morgan fingerprint density at radius 2 is 1.65 bits per heavy atom. The first-order valence-corrected chi connectivity index (χ1v) is 7.40. The van der Waals surface area contributed by atoms with Crippen LogP contribution in [0.5, 0.6) is 0 Å². The van der Waals surface area contributed by atoms with Gasteiger partial charge in [0, 0.05) is 4.86 Å². The third kappa shape index (κ3) is 3.43. The molecule has 0 N–H and O–H groups in total. The van der Waals surface area contributed by atoms with Crippen molar-refractivity contribution in [2.45, 2.75) is 27.2 Å². The SMILES string of the molecule is CCc1cc(C)c(C=CC(=S)c2ccccc2)c(C)c1. The average molecular weight is 280 g/mol. The average Bonchev–Trinajstić information content (AvgIpc) is 2.46. The molecule has 0 atom stereocenters. The van der Waals surface area contributed by atoms with Crippen LogP contribution < -0.4 is 0 Å². The van der Waals surface area contributed by atoms with E-state index in [9.17, 15) is 0 Å². The molecule has 102 valence electrons. The van der Waals surface area contributed by atoms with Crippen molar-refractivity contribution in [2.75, 3.05) is 0 Å². The standard InChI is InChI=1S/C19H20S/c1-4-16-12-14(2)18(15(3)13-16)10-11-19(20)17-8-6-5-7-9-17/h5-13H,4H2,1-3H3. The zero-order valence-electron chi connectivity index (χ0n) is 12.3. The topological polar surface area (TPSA) is 0 Å². The zero-order chi connectivity index (χ0) is 14.5. The summed E-state index contributed by atoms with van der Waals surface area (Å²) >= 11 is 5.47. The molecule has 0 saturated heterocycles. The van der Waals surface area contributed by atoms with Crippen LogP contribution in [-0.4, -0.2) is 4.86 Å². The monoisotopic (exact) mass is 280 g/mol. The Bertz CT molecular complexity index is 613. The molecule has 2 aromatic carbocycles. The Balaban J connectivity index is 2.26. The van der Waals surface area contributed by atoms with Crippen LogP contribution in [0.4, 0.5) is 0 Å². The first-order valence-electron chi connectivity index (χ1n) is 6.99. The van der Waals surface area contributed by atoms with E-state index in [0.29, 0.717) is 0 Å². The fourth-order valence-corrected chi connectivity index (χ4v) is 2.59. The fraction of sp³-hybridized carbons (Fsp3) is 0.211. The number of hydrogen-bond donors (Lipinski definition) is 0. The maximum absolute atomic E-state index is 5.47. The quantitative estimate of drug-likeness (QED) is 0.416.